The fraction of sp³-hybridized carbons (Fsp3) is 0.571. The molecule has 1 saturated heterocycles. The molecule has 0 saturated carbocycles. The number of sulfonamides is 1. The summed E-state index contributed by atoms with van der Waals surface area (Å²) in [4.78, 5) is 0. The van der Waals surface area contributed by atoms with Gasteiger partial charge in [0.05, 0.1) is 11.4 Å². The van der Waals surface area contributed by atoms with Gasteiger partial charge in [-0.1, -0.05) is 22.9 Å². The fourth-order valence-corrected chi connectivity index (χ4v) is 4.47. The molecule has 1 aliphatic heterocycles. The Morgan fingerprint density at radius 2 is 2.25 bits per heavy atom. The number of halogens is 1. The van der Waals surface area contributed by atoms with E-state index in [1.807, 2.05) is 25.1 Å². The van der Waals surface area contributed by atoms with E-state index in [9.17, 15) is 8.42 Å². The Morgan fingerprint density at radius 1 is 1.45 bits per heavy atom. The van der Waals surface area contributed by atoms with E-state index in [-0.39, 0.29) is 11.7 Å². The Bertz CT molecular complexity index is 554. The third kappa shape index (κ3) is 4.46. The van der Waals surface area contributed by atoms with Gasteiger partial charge in [-0.3, -0.25) is 4.72 Å². The van der Waals surface area contributed by atoms with Crippen molar-refractivity contribution in [3.05, 3.63) is 28.2 Å². The summed E-state index contributed by atoms with van der Waals surface area (Å²) in [5.74, 6) is 0.404. The van der Waals surface area contributed by atoms with Gasteiger partial charge < -0.3 is 5.32 Å². The largest absolute Gasteiger partial charge is 0.316 e. The van der Waals surface area contributed by atoms with Gasteiger partial charge in [0.15, 0.2) is 0 Å². The summed E-state index contributed by atoms with van der Waals surface area (Å²) in [7, 11) is -3.29. The molecule has 2 rings (SSSR count). The van der Waals surface area contributed by atoms with Gasteiger partial charge in [-0.05, 0) is 62.0 Å². The smallest absolute Gasteiger partial charge is 0.233 e. The van der Waals surface area contributed by atoms with Crippen molar-refractivity contribution in [3.8, 4) is 0 Å². The van der Waals surface area contributed by atoms with Crippen molar-refractivity contribution in [2.75, 3.05) is 23.6 Å². The summed E-state index contributed by atoms with van der Waals surface area (Å²) >= 11 is 3.41. The Hall–Kier alpha value is -0.590. The van der Waals surface area contributed by atoms with E-state index >= 15 is 0 Å². The Labute approximate surface area is 129 Å². The molecule has 1 aromatic carbocycles. The first kappa shape index (κ1) is 15.8. The molecule has 20 heavy (non-hydrogen) atoms. The molecule has 6 heteroatoms. The minimum atomic E-state index is -3.29. The first-order chi connectivity index (χ1) is 9.50. The van der Waals surface area contributed by atoms with Gasteiger partial charge in [0.2, 0.25) is 10.0 Å². The monoisotopic (exact) mass is 360 g/mol. The van der Waals surface area contributed by atoms with Crippen LogP contribution in [-0.4, -0.2) is 27.3 Å². The van der Waals surface area contributed by atoms with Crippen LogP contribution < -0.4 is 10.0 Å². The third-order valence-electron chi connectivity index (χ3n) is 3.57. The van der Waals surface area contributed by atoms with Crippen LogP contribution in [0.15, 0.2) is 22.7 Å². The highest BCUT2D eigenvalue weighted by atomic mass is 79.9. The van der Waals surface area contributed by atoms with Gasteiger partial charge in [-0.2, -0.15) is 0 Å². The number of nitrogens with one attached hydrogen (secondary N) is 2. The van der Waals surface area contributed by atoms with Gasteiger partial charge in [0.25, 0.3) is 0 Å². The summed E-state index contributed by atoms with van der Waals surface area (Å²) in [5, 5.41) is 3.25. The summed E-state index contributed by atoms with van der Waals surface area (Å²) in [6.07, 6.45) is 2.83. The minimum Gasteiger partial charge on any atom is -0.316 e. The second kappa shape index (κ2) is 6.91. The number of piperidine rings is 1. The number of anilines is 1. The van der Waals surface area contributed by atoms with E-state index in [4.69, 9.17) is 0 Å². The lowest BCUT2D eigenvalue weighted by molar-refractivity contribution is 0.404. The molecule has 1 aliphatic rings. The predicted octanol–water partition coefficient (Wildman–Crippen LogP) is 2.75. The highest BCUT2D eigenvalue weighted by Gasteiger charge is 2.21. The van der Waals surface area contributed by atoms with Crippen molar-refractivity contribution in [1.82, 2.24) is 5.32 Å². The van der Waals surface area contributed by atoms with E-state index < -0.39 is 10.0 Å². The molecule has 0 radical (unpaired) electrons. The van der Waals surface area contributed by atoms with Crippen LogP contribution in [0.4, 0.5) is 5.69 Å². The second-order valence-corrected chi connectivity index (χ2v) is 7.93. The highest BCUT2D eigenvalue weighted by molar-refractivity contribution is 9.10. The molecule has 2 N–H and O–H groups in total. The molecule has 0 aromatic heterocycles. The quantitative estimate of drug-likeness (QED) is 0.848. The van der Waals surface area contributed by atoms with Crippen LogP contribution in [0.3, 0.4) is 0 Å². The van der Waals surface area contributed by atoms with E-state index in [0.29, 0.717) is 5.69 Å². The SMILES string of the molecule is CCc1cc(Br)ccc1NS(=O)(=O)CC1CCCNC1. The molecule has 0 aliphatic carbocycles. The summed E-state index contributed by atoms with van der Waals surface area (Å²) in [6.45, 7) is 3.81. The van der Waals surface area contributed by atoms with Crippen LogP contribution in [0.2, 0.25) is 0 Å². The van der Waals surface area contributed by atoms with E-state index in [1.165, 1.54) is 0 Å². The van der Waals surface area contributed by atoms with Crippen molar-refractivity contribution in [2.24, 2.45) is 5.92 Å². The van der Waals surface area contributed by atoms with E-state index in [2.05, 4.69) is 26.0 Å². The van der Waals surface area contributed by atoms with Crippen LogP contribution in [0.1, 0.15) is 25.3 Å². The molecule has 1 fully saturated rings. The molecule has 1 heterocycles. The lowest BCUT2D eigenvalue weighted by Gasteiger charge is -2.23. The van der Waals surface area contributed by atoms with Crippen molar-refractivity contribution in [1.29, 1.82) is 0 Å². The zero-order valence-electron chi connectivity index (χ0n) is 11.7. The first-order valence-electron chi connectivity index (χ1n) is 7.00. The molecule has 1 unspecified atom stereocenters. The van der Waals surface area contributed by atoms with Gasteiger partial charge in [-0.15, -0.1) is 0 Å². The number of hydrogen-bond acceptors (Lipinski definition) is 3. The summed E-state index contributed by atoms with van der Waals surface area (Å²) < 4.78 is 28.2. The molecule has 1 aromatic rings. The Balaban J connectivity index is 2.07. The Morgan fingerprint density at radius 3 is 2.90 bits per heavy atom. The van der Waals surface area contributed by atoms with Crippen LogP contribution in [0.5, 0.6) is 0 Å². The van der Waals surface area contributed by atoms with Crippen LogP contribution in [-0.2, 0) is 16.4 Å². The molecule has 0 bridgehead atoms. The fourth-order valence-electron chi connectivity index (χ4n) is 2.54. The molecule has 1 atom stereocenters. The van der Waals surface area contributed by atoms with Crippen molar-refractivity contribution < 1.29 is 8.42 Å². The molecular formula is C14H21BrN2O2S. The zero-order chi connectivity index (χ0) is 14.6. The zero-order valence-corrected chi connectivity index (χ0v) is 14.1. The topological polar surface area (TPSA) is 58.2 Å². The molecule has 4 nitrogen and oxygen atoms in total. The minimum absolute atomic E-state index is 0.194. The lowest BCUT2D eigenvalue weighted by atomic mass is 10.0. The molecule has 112 valence electrons. The second-order valence-electron chi connectivity index (χ2n) is 5.25. The number of benzene rings is 1. The summed E-state index contributed by atoms with van der Waals surface area (Å²) in [6, 6.07) is 5.64. The van der Waals surface area contributed by atoms with Crippen molar-refractivity contribution >= 4 is 31.6 Å². The van der Waals surface area contributed by atoms with Gasteiger partial charge in [0, 0.05) is 4.47 Å². The standard InChI is InChI=1S/C14H21BrN2O2S/c1-2-12-8-13(15)5-6-14(12)17-20(18,19)10-11-4-3-7-16-9-11/h5-6,8,11,16-17H,2-4,7,9-10H2,1H3. The van der Waals surface area contributed by atoms with E-state index in [0.717, 1.165) is 42.4 Å². The molecule has 0 spiro atoms. The van der Waals surface area contributed by atoms with Gasteiger partial charge in [0.1, 0.15) is 0 Å². The third-order valence-corrected chi connectivity index (χ3v) is 5.50. The summed E-state index contributed by atoms with van der Waals surface area (Å²) in [5.41, 5.74) is 1.70. The highest BCUT2D eigenvalue weighted by Crippen LogP contribution is 2.23. The van der Waals surface area contributed by atoms with Crippen molar-refractivity contribution in [3.63, 3.8) is 0 Å². The van der Waals surface area contributed by atoms with Crippen LogP contribution >= 0.6 is 15.9 Å². The van der Waals surface area contributed by atoms with Gasteiger partial charge >= 0.3 is 0 Å². The van der Waals surface area contributed by atoms with E-state index in [1.54, 1.807) is 0 Å². The number of aryl methyl sites for hydroxylation is 1. The number of hydrogen-bond donors (Lipinski definition) is 2. The Kier molecular flexibility index (Phi) is 5.46. The normalized spacial score (nSPS) is 19.8. The van der Waals surface area contributed by atoms with Gasteiger partial charge in [-0.25, -0.2) is 8.42 Å². The van der Waals surface area contributed by atoms with Crippen LogP contribution in [0, 0.1) is 5.92 Å². The molecular weight excluding hydrogens is 340 g/mol. The predicted molar refractivity (Wildman–Crippen MR) is 86.5 cm³/mol. The lowest BCUT2D eigenvalue weighted by Crippen LogP contribution is -2.35. The average Bonchev–Trinajstić information content (AvgIpc) is 2.41. The average molecular weight is 361 g/mol. The maximum Gasteiger partial charge on any atom is 0.233 e. The maximum absolute atomic E-state index is 12.3. The van der Waals surface area contributed by atoms with Crippen molar-refractivity contribution in [2.45, 2.75) is 26.2 Å². The number of rotatable bonds is 5. The maximum atomic E-state index is 12.3. The molecule has 0 amide bonds. The van der Waals surface area contributed by atoms with Crippen LogP contribution in [0.25, 0.3) is 0 Å². The first-order valence-corrected chi connectivity index (χ1v) is 9.44.